The molecule has 5 heteroatoms. The molecule has 0 fully saturated rings. The highest BCUT2D eigenvalue weighted by atomic mass is 79.9. The largest absolute Gasteiger partial charge is 0.320 e. The Morgan fingerprint density at radius 2 is 2.14 bits per heavy atom. The molecule has 3 aromatic rings. The van der Waals surface area contributed by atoms with E-state index in [1.807, 2.05) is 40.3 Å². The summed E-state index contributed by atoms with van der Waals surface area (Å²) in [6.45, 7) is 2.47. The maximum atomic E-state index is 12.5. The first-order valence-electron chi connectivity index (χ1n) is 6.91. The van der Waals surface area contributed by atoms with Gasteiger partial charge in [0.25, 0.3) is 0 Å². The summed E-state index contributed by atoms with van der Waals surface area (Å²) >= 11 is 4.91. The minimum absolute atomic E-state index is 0.123. The van der Waals surface area contributed by atoms with E-state index in [9.17, 15) is 4.79 Å². The molecular weight excluding hydrogens is 348 g/mol. The summed E-state index contributed by atoms with van der Waals surface area (Å²) in [7, 11) is 0. The van der Waals surface area contributed by atoms with Crippen molar-refractivity contribution in [1.29, 1.82) is 0 Å². The summed E-state index contributed by atoms with van der Waals surface area (Å²) in [5.41, 5.74) is 1.99. The Morgan fingerprint density at radius 3 is 2.86 bits per heavy atom. The van der Waals surface area contributed by atoms with Gasteiger partial charge in [-0.15, -0.1) is 11.3 Å². The van der Waals surface area contributed by atoms with E-state index in [0.29, 0.717) is 6.54 Å². The smallest absolute Gasteiger partial charge is 0.193 e. The van der Waals surface area contributed by atoms with Crippen LogP contribution >= 0.6 is 27.3 Å². The van der Waals surface area contributed by atoms with E-state index < -0.39 is 0 Å². The van der Waals surface area contributed by atoms with Crippen molar-refractivity contribution in [3.8, 4) is 0 Å². The van der Waals surface area contributed by atoms with Crippen LogP contribution in [0.2, 0.25) is 0 Å². The fourth-order valence-electron chi connectivity index (χ4n) is 2.42. The van der Waals surface area contributed by atoms with Crippen LogP contribution in [0.3, 0.4) is 0 Å². The molecule has 0 N–H and O–H groups in total. The van der Waals surface area contributed by atoms with Crippen molar-refractivity contribution in [2.75, 3.05) is 0 Å². The Bertz CT molecular complexity index is 791. The summed E-state index contributed by atoms with van der Waals surface area (Å²) in [6, 6.07) is 9.90. The third-order valence-electron chi connectivity index (χ3n) is 3.38. The number of Topliss-reactive ketones (excluding diaryl/α,β-unsaturated/α-hetero) is 1. The van der Waals surface area contributed by atoms with Crippen LogP contribution in [-0.2, 0) is 13.0 Å². The molecule has 2 aromatic heterocycles. The van der Waals surface area contributed by atoms with E-state index in [-0.39, 0.29) is 5.78 Å². The standard InChI is InChI=1S/C16H15BrN2OS/c1-2-5-15-18-12-6-3-4-7-13(12)19(15)10-14(20)16-11(17)8-9-21-16/h3-4,6-9H,2,5,10H2,1H3. The van der Waals surface area contributed by atoms with Gasteiger partial charge in [0.15, 0.2) is 5.78 Å². The molecule has 1 aromatic carbocycles. The van der Waals surface area contributed by atoms with Gasteiger partial charge in [-0.3, -0.25) is 4.79 Å². The fourth-order valence-corrected chi connectivity index (χ4v) is 3.95. The van der Waals surface area contributed by atoms with Crippen LogP contribution in [0.15, 0.2) is 40.2 Å². The summed E-state index contributed by atoms with van der Waals surface area (Å²) in [6.07, 6.45) is 1.90. The van der Waals surface area contributed by atoms with Crippen LogP contribution in [0.5, 0.6) is 0 Å². The van der Waals surface area contributed by atoms with Crippen LogP contribution in [-0.4, -0.2) is 15.3 Å². The van der Waals surface area contributed by atoms with Gasteiger partial charge in [0.1, 0.15) is 5.82 Å². The van der Waals surface area contributed by atoms with E-state index >= 15 is 0 Å². The van der Waals surface area contributed by atoms with Gasteiger partial charge in [-0.05, 0) is 45.9 Å². The molecule has 0 atom stereocenters. The lowest BCUT2D eigenvalue weighted by molar-refractivity contribution is 0.0975. The summed E-state index contributed by atoms with van der Waals surface area (Å²) in [5.74, 6) is 1.11. The fraction of sp³-hybridized carbons (Fsp3) is 0.250. The van der Waals surface area contributed by atoms with Gasteiger partial charge in [0.2, 0.25) is 0 Å². The zero-order chi connectivity index (χ0) is 14.8. The summed E-state index contributed by atoms with van der Waals surface area (Å²) in [5, 5.41) is 1.93. The average molecular weight is 363 g/mol. The van der Waals surface area contributed by atoms with Gasteiger partial charge in [-0.25, -0.2) is 4.98 Å². The first-order valence-corrected chi connectivity index (χ1v) is 8.58. The van der Waals surface area contributed by atoms with E-state index in [4.69, 9.17) is 0 Å². The molecule has 108 valence electrons. The highest BCUT2D eigenvalue weighted by Crippen LogP contribution is 2.25. The molecular formula is C16H15BrN2OS. The van der Waals surface area contributed by atoms with E-state index in [1.54, 1.807) is 0 Å². The van der Waals surface area contributed by atoms with Crippen molar-refractivity contribution in [3.63, 3.8) is 0 Å². The van der Waals surface area contributed by atoms with Gasteiger partial charge in [0, 0.05) is 10.9 Å². The molecule has 21 heavy (non-hydrogen) atoms. The molecule has 3 rings (SSSR count). The van der Waals surface area contributed by atoms with E-state index in [1.165, 1.54) is 11.3 Å². The lowest BCUT2D eigenvalue weighted by Crippen LogP contribution is -2.12. The second-order valence-electron chi connectivity index (χ2n) is 4.87. The molecule has 0 bridgehead atoms. The maximum Gasteiger partial charge on any atom is 0.193 e. The number of para-hydroxylation sites is 2. The SMILES string of the molecule is CCCc1nc2ccccc2n1CC(=O)c1sccc1Br. The number of halogens is 1. The quantitative estimate of drug-likeness (QED) is 0.616. The van der Waals surface area contributed by atoms with Crippen molar-refractivity contribution in [2.45, 2.75) is 26.3 Å². The molecule has 0 spiro atoms. The molecule has 3 nitrogen and oxygen atoms in total. The highest BCUT2D eigenvalue weighted by Gasteiger charge is 2.16. The number of ketones is 1. The number of carbonyl (C=O) groups excluding carboxylic acids is 1. The summed E-state index contributed by atoms with van der Waals surface area (Å²) < 4.78 is 2.92. The molecule has 0 aliphatic heterocycles. The Balaban J connectivity index is 2.01. The maximum absolute atomic E-state index is 12.5. The number of nitrogens with zero attached hydrogens (tertiary/aromatic N) is 2. The molecule has 2 heterocycles. The molecule has 0 aliphatic carbocycles. The predicted molar refractivity (Wildman–Crippen MR) is 90.1 cm³/mol. The number of hydrogen-bond donors (Lipinski definition) is 0. The molecule has 0 radical (unpaired) electrons. The Hall–Kier alpha value is -1.46. The Labute approximate surface area is 135 Å². The number of carbonyl (C=O) groups is 1. The van der Waals surface area contributed by atoms with Crippen molar-refractivity contribution in [2.24, 2.45) is 0 Å². The third kappa shape index (κ3) is 2.80. The zero-order valence-electron chi connectivity index (χ0n) is 11.7. The monoisotopic (exact) mass is 362 g/mol. The van der Waals surface area contributed by atoms with Crippen LogP contribution in [0.1, 0.15) is 28.8 Å². The van der Waals surface area contributed by atoms with Gasteiger partial charge < -0.3 is 4.57 Å². The van der Waals surface area contributed by atoms with Gasteiger partial charge >= 0.3 is 0 Å². The second kappa shape index (κ2) is 6.12. The number of aromatic nitrogens is 2. The van der Waals surface area contributed by atoms with Crippen molar-refractivity contribution < 1.29 is 4.79 Å². The summed E-state index contributed by atoms with van der Waals surface area (Å²) in [4.78, 5) is 18.0. The van der Waals surface area contributed by atoms with Crippen LogP contribution in [0, 0.1) is 0 Å². The minimum atomic E-state index is 0.123. The average Bonchev–Trinajstić information content (AvgIpc) is 3.04. The topological polar surface area (TPSA) is 34.9 Å². The number of imidazole rings is 1. The first-order chi connectivity index (χ1) is 10.2. The van der Waals surface area contributed by atoms with Crippen LogP contribution in [0.4, 0.5) is 0 Å². The van der Waals surface area contributed by atoms with Crippen LogP contribution in [0.25, 0.3) is 11.0 Å². The number of benzene rings is 1. The lowest BCUT2D eigenvalue weighted by Gasteiger charge is -2.07. The van der Waals surface area contributed by atoms with Gasteiger partial charge in [-0.2, -0.15) is 0 Å². The van der Waals surface area contributed by atoms with Crippen molar-refractivity contribution >= 4 is 44.1 Å². The van der Waals surface area contributed by atoms with E-state index in [0.717, 1.165) is 39.0 Å². The number of fused-ring (bicyclic) bond motifs is 1. The first kappa shape index (κ1) is 14.5. The lowest BCUT2D eigenvalue weighted by atomic mass is 10.2. The molecule has 0 unspecified atom stereocenters. The molecule has 0 aliphatic rings. The minimum Gasteiger partial charge on any atom is -0.320 e. The Morgan fingerprint density at radius 1 is 1.33 bits per heavy atom. The highest BCUT2D eigenvalue weighted by molar-refractivity contribution is 9.10. The number of hydrogen-bond acceptors (Lipinski definition) is 3. The van der Waals surface area contributed by atoms with Crippen LogP contribution < -0.4 is 0 Å². The van der Waals surface area contributed by atoms with E-state index in [2.05, 4.69) is 27.8 Å². The number of rotatable bonds is 5. The Kier molecular flexibility index (Phi) is 4.22. The normalized spacial score (nSPS) is 11.1. The molecule has 0 saturated heterocycles. The number of aryl methyl sites for hydroxylation is 1. The van der Waals surface area contributed by atoms with Gasteiger partial charge in [-0.1, -0.05) is 19.1 Å². The number of thiophene rings is 1. The van der Waals surface area contributed by atoms with Crippen molar-refractivity contribution in [3.05, 3.63) is 50.9 Å². The molecule has 0 saturated carbocycles. The molecule has 0 amide bonds. The zero-order valence-corrected chi connectivity index (χ0v) is 14.1. The third-order valence-corrected chi connectivity index (χ3v) is 5.26. The predicted octanol–water partition coefficient (Wildman–Crippen LogP) is 4.70. The van der Waals surface area contributed by atoms with Crippen molar-refractivity contribution in [1.82, 2.24) is 9.55 Å². The second-order valence-corrected chi connectivity index (χ2v) is 6.64. The van der Waals surface area contributed by atoms with Gasteiger partial charge in [0.05, 0.1) is 22.5 Å².